The van der Waals surface area contributed by atoms with Crippen LogP contribution in [0.15, 0.2) is 24.4 Å². The second-order valence-corrected chi connectivity index (χ2v) is 4.51. The molecule has 90 valence electrons. The van der Waals surface area contributed by atoms with Crippen molar-refractivity contribution < 1.29 is 9.90 Å². The fourth-order valence-corrected chi connectivity index (χ4v) is 2.04. The Morgan fingerprint density at radius 2 is 2.29 bits per heavy atom. The molecule has 17 heavy (non-hydrogen) atoms. The number of rotatable bonds is 4. The van der Waals surface area contributed by atoms with Gasteiger partial charge in [0.2, 0.25) is 0 Å². The summed E-state index contributed by atoms with van der Waals surface area (Å²) in [6.07, 6.45) is 1.89. The molecule has 0 aliphatic carbocycles. The highest BCUT2D eigenvalue weighted by molar-refractivity contribution is 6.31. The number of halogens is 1. The van der Waals surface area contributed by atoms with Gasteiger partial charge in [0.25, 0.3) is 0 Å². The van der Waals surface area contributed by atoms with Gasteiger partial charge >= 0.3 is 5.97 Å². The number of aromatic nitrogens is 1. The normalized spacial score (nSPS) is 11.2. The molecule has 0 unspecified atom stereocenters. The lowest BCUT2D eigenvalue weighted by Gasteiger charge is -2.12. The Bertz CT molecular complexity index is 550. The van der Waals surface area contributed by atoms with E-state index in [2.05, 4.69) is 4.98 Å². The minimum atomic E-state index is -0.824. The number of hydrogen-bond donors (Lipinski definition) is 2. The van der Waals surface area contributed by atoms with Crippen molar-refractivity contribution in [3.63, 3.8) is 0 Å². The van der Waals surface area contributed by atoms with Crippen LogP contribution in [0.2, 0.25) is 5.02 Å². The van der Waals surface area contributed by atoms with Crippen molar-refractivity contribution in [3.8, 4) is 0 Å². The molecule has 1 aromatic heterocycles. The highest BCUT2D eigenvalue weighted by atomic mass is 35.5. The second kappa shape index (κ2) is 4.77. The van der Waals surface area contributed by atoms with Crippen LogP contribution in [0.3, 0.4) is 0 Å². The van der Waals surface area contributed by atoms with Gasteiger partial charge in [-0.15, -0.1) is 0 Å². The van der Waals surface area contributed by atoms with E-state index < -0.39 is 5.97 Å². The predicted octanol–water partition coefficient (Wildman–Crippen LogP) is 2.34. The molecule has 0 aliphatic rings. The average molecular weight is 253 g/mol. The third-order valence-electron chi connectivity index (χ3n) is 2.57. The van der Waals surface area contributed by atoms with E-state index in [1.165, 1.54) is 0 Å². The van der Waals surface area contributed by atoms with Gasteiger partial charge < -0.3 is 10.1 Å². The van der Waals surface area contributed by atoms with Crippen LogP contribution in [0, 0.1) is 0 Å². The second-order valence-electron chi connectivity index (χ2n) is 4.07. The van der Waals surface area contributed by atoms with Crippen LogP contribution in [0.5, 0.6) is 0 Å². The van der Waals surface area contributed by atoms with Gasteiger partial charge in [0, 0.05) is 28.7 Å². The van der Waals surface area contributed by atoms with Crippen molar-refractivity contribution in [1.82, 2.24) is 9.88 Å². The van der Waals surface area contributed by atoms with E-state index in [4.69, 9.17) is 16.7 Å². The average Bonchev–Trinajstić information content (AvgIpc) is 2.59. The van der Waals surface area contributed by atoms with Crippen molar-refractivity contribution in [3.05, 3.63) is 35.0 Å². The molecule has 0 saturated carbocycles. The van der Waals surface area contributed by atoms with E-state index in [9.17, 15) is 4.79 Å². The van der Waals surface area contributed by atoms with Gasteiger partial charge in [0.15, 0.2) is 0 Å². The van der Waals surface area contributed by atoms with Gasteiger partial charge in [-0.1, -0.05) is 17.7 Å². The topological polar surface area (TPSA) is 56.3 Å². The summed E-state index contributed by atoms with van der Waals surface area (Å²) >= 11 is 5.89. The molecule has 0 bridgehead atoms. The number of aromatic amines is 1. The molecule has 1 heterocycles. The minimum absolute atomic E-state index is 0.0280. The highest BCUT2D eigenvalue weighted by Crippen LogP contribution is 2.22. The lowest BCUT2D eigenvalue weighted by atomic mass is 10.1. The third-order valence-corrected chi connectivity index (χ3v) is 2.81. The van der Waals surface area contributed by atoms with E-state index in [0.717, 1.165) is 16.5 Å². The first-order valence-electron chi connectivity index (χ1n) is 5.22. The van der Waals surface area contributed by atoms with Crippen LogP contribution in [-0.4, -0.2) is 34.6 Å². The molecule has 5 heteroatoms. The van der Waals surface area contributed by atoms with Crippen LogP contribution >= 0.6 is 11.6 Å². The van der Waals surface area contributed by atoms with E-state index in [-0.39, 0.29) is 6.54 Å². The number of nitrogens with one attached hydrogen (secondary N) is 1. The zero-order chi connectivity index (χ0) is 12.4. The molecule has 2 aromatic rings. The Morgan fingerprint density at radius 3 is 3.00 bits per heavy atom. The smallest absolute Gasteiger partial charge is 0.317 e. The van der Waals surface area contributed by atoms with Crippen molar-refractivity contribution in [2.75, 3.05) is 13.6 Å². The first-order valence-corrected chi connectivity index (χ1v) is 5.60. The van der Waals surface area contributed by atoms with E-state index >= 15 is 0 Å². The van der Waals surface area contributed by atoms with Gasteiger partial charge in [-0.25, -0.2) is 0 Å². The molecule has 0 fully saturated rings. The molecule has 0 saturated heterocycles. The molecule has 2 rings (SSSR count). The lowest BCUT2D eigenvalue weighted by molar-refractivity contribution is -0.138. The number of hydrogen-bond acceptors (Lipinski definition) is 2. The maximum absolute atomic E-state index is 10.6. The van der Waals surface area contributed by atoms with Crippen LogP contribution in [0.4, 0.5) is 0 Å². The zero-order valence-corrected chi connectivity index (χ0v) is 10.2. The summed E-state index contributed by atoms with van der Waals surface area (Å²) in [4.78, 5) is 15.5. The molecule has 0 spiro atoms. The minimum Gasteiger partial charge on any atom is -0.480 e. The first kappa shape index (κ1) is 12.0. The number of benzene rings is 1. The maximum Gasteiger partial charge on any atom is 0.317 e. The van der Waals surface area contributed by atoms with Crippen molar-refractivity contribution in [2.45, 2.75) is 6.54 Å². The zero-order valence-electron chi connectivity index (χ0n) is 9.40. The lowest BCUT2D eigenvalue weighted by Crippen LogP contribution is -2.24. The molecule has 2 N–H and O–H groups in total. The summed E-state index contributed by atoms with van der Waals surface area (Å²) in [5, 5.41) is 10.5. The molecular weight excluding hydrogens is 240 g/mol. The quantitative estimate of drug-likeness (QED) is 0.878. The monoisotopic (exact) mass is 252 g/mol. The fraction of sp³-hybridized carbons (Fsp3) is 0.250. The van der Waals surface area contributed by atoms with E-state index in [1.54, 1.807) is 11.9 Å². The number of carboxylic acid groups (broad SMARTS) is 1. The Kier molecular flexibility index (Phi) is 3.36. The highest BCUT2D eigenvalue weighted by Gasteiger charge is 2.09. The van der Waals surface area contributed by atoms with Crippen molar-refractivity contribution in [1.29, 1.82) is 0 Å². The summed E-state index contributed by atoms with van der Waals surface area (Å²) in [7, 11) is 1.78. The van der Waals surface area contributed by atoms with E-state index in [1.807, 2.05) is 24.4 Å². The molecule has 0 aliphatic heterocycles. The fourth-order valence-electron chi connectivity index (χ4n) is 1.87. The standard InChI is InChI=1S/C12H13ClN2O2/c1-15(7-12(16)17)6-8-5-14-11-4-9(13)2-3-10(8)11/h2-5,14H,6-7H2,1H3,(H,16,17). The maximum atomic E-state index is 10.6. The summed E-state index contributed by atoms with van der Waals surface area (Å²) in [6, 6.07) is 5.63. The van der Waals surface area contributed by atoms with E-state index in [0.29, 0.717) is 11.6 Å². The number of likely N-dealkylation sites (N-methyl/N-ethyl adjacent to an activating group) is 1. The van der Waals surface area contributed by atoms with Crippen LogP contribution in [0.25, 0.3) is 10.9 Å². The molecule has 4 nitrogen and oxygen atoms in total. The number of nitrogens with zero attached hydrogens (tertiary/aromatic N) is 1. The molecule has 0 amide bonds. The molecular formula is C12H13ClN2O2. The van der Waals surface area contributed by atoms with Gasteiger partial charge in [-0.2, -0.15) is 0 Å². The Hall–Kier alpha value is -1.52. The van der Waals surface area contributed by atoms with Crippen molar-refractivity contribution in [2.24, 2.45) is 0 Å². The van der Waals surface area contributed by atoms with Gasteiger partial charge in [0.05, 0.1) is 6.54 Å². The number of carbonyl (C=O) groups is 1. The molecule has 1 aromatic carbocycles. The SMILES string of the molecule is CN(CC(=O)O)Cc1c[nH]c2cc(Cl)ccc12. The number of fused-ring (bicyclic) bond motifs is 1. The molecule has 0 atom stereocenters. The van der Waals surface area contributed by atoms with Gasteiger partial charge in [0.1, 0.15) is 0 Å². The largest absolute Gasteiger partial charge is 0.480 e. The van der Waals surface area contributed by atoms with Gasteiger partial charge in [-0.3, -0.25) is 9.69 Å². The Balaban J connectivity index is 2.22. The van der Waals surface area contributed by atoms with Gasteiger partial charge in [-0.05, 0) is 24.7 Å². The summed E-state index contributed by atoms with van der Waals surface area (Å²) < 4.78 is 0. The summed E-state index contributed by atoms with van der Waals surface area (Å²) in [5.41, 5.74) is 2.04. The summed E-state index contributed by atoms with van der Waals surface area (Å²) in [6.45, 7) is 0.619. The van der Waals surface area contributed by atoms with Crippen LogP contribution in [-0.2, 0) is 11.3 Å². The Labute approximate surface area is 104 Å². The number of carboxylic acids is 1. The first-order chi connectivity index (χ1) is 8.06. The Morgan fingerprint density at radius 1 is 1.53 bits per heavy atom. The predicted molar refractivity (Wildman–Crippen MR) is 67.3 cm³/mol. The third kappa shape index (κ3) is 2.78. The number of H-pyrrole nitrogens is 1. The number of aliphatic carboxylic acids is 1. The van der Waals surface area contributed by atoms with Crippen molar-refractivity contribution >= 4 is 28.5 Å². The molecule has 0 radical (unpaired) electrons. The van der Waals surface area contributed by atoms with Crippen LogP contribution < -0.4 is 0 Å². The van der Waals surface area contributed by atoms with Crippen LogP contribution in [0.1, 0.15) is 5.56 Å². The summed E-state index contributed by atoms with van der Waals surface area (Å²) in [5.74, 6) is -0.824.